The minimum Gasteiger partial charge on any atom is -0.359 e. The van der Waals surface area contributed by atoms with Crippen LogP contribution in [0.1, 0.15) is 19.3 Å². The number of hydrogen-bond donors (Lipinski definition) is 2. The van der Waals surface area contributed by atoms with Crippen LogP contribution in [0.3, 0.4) is 0 Å². The molecule has 0 saturated carbocycles. The lowest BCUT2D eigenvalue weighted by molar-refractivity contribution is 0.345. The predicted octanol–water partition coefficient (Wildman–Crippen LogP) is 1.54. The van der Waals surface area contributed by atoms with Crippen molar-refractivity contribution in [3.63, 3.8) is 0 Å². The third-order valence-corrected chi connectivity index (χ3v) is 3.67. The van der Waals surface area contributed by atoms with E-state index in [0.29, 0.717) is 0 Å². The fourth-order valence-corrected chi connectivity index (χ4v) is 2.44. The summed E-state index contributed by atoms with van der Waals surface area (Å²) in [4.78, 5) is 13.9. The summed E-state index contributed by atoms with van der Waals surface area (Å²) in [6, 6.07) is 2.78. The third-order valence-electron chi connectivity index (χ3n) is 3.67. The molecule has 1 atom stereocenters. The standard InChI is InChI=1S/C13H19N5/c1-18(8-2-3-10-4-6-14-10)13-11-5-7-15-12(11)16-9-17-13/h5,7,9-10,14H,2-4,6,8H2,1H3,(H,15,16,17)/t10-/m1/s1. The summed E-state index contributed by atoms with van der Waals surface area (Å²) in [7, 11) is 2.10. The van der Waals surface area contributed by atoms with Gasteiger partial charge in [-0.05, 0) is 31.9 Å². The lowest BCUT2D eigenvalue weighted by Crippen LogP contribution is -2.43. The van der Waals surface area contributed by atoms with Crippen LogP contribution >= 0.6 is 0 Å². The summed E-state index contributed by atoms with van der Waals surface area (Å²) in [5.74, 6) is 1.02. The molecule has 0 bridgehead atoms. The number of rotatable bonds is 5. The molecule has 0 spiro atoms. The van der Waals surface area contributed by atoms with Gasteiger partial charge in [-0.3, -0.25) is 0 Å². The average molecular weight is 245 g/mol. The molecule has 18 heavy (non-hydrogen) atoms. The molecule has 0 radical (unpaired) electrons. The Balaban J connectivity index is 1.63. The van der Waals surface area contributed by atoms with E-state index < -0.39 is 0 Å². The van der Waals surface area contributed by atoms with Gasteiger partial charge in [-0.1, -0.05) is 0 Å². The highest BCUT2D eigenvalue weighted by molar-refractivity contribution is 5.87. The normalized spacial score (nSPS) is 18.8. The molecule has 3 heterocycles. The van der Waals surface area contributed by atoms with Crippen molar-refractivity contribution in [2.75, 3.05) is 25.0 Å². The summed E-state index contributed by atoms with van der Waals surface area (Å²) in [6.45, 7) is 2.23. The Morgan fingerprint density at radius 3 is 3.11 bits per heavy atom. The molecule has 1 aliphatic rings. The molecule has 1 saturated heterocycles. The molecule has 5 heteroatoms. The number of fused-ring (bicyclic) bond motifs is 1. The SMILES string of the molecule is CN(CCC[C@@H]1CCN1)c1ncnc2[nH]ccc12. The Hall–Kier alpha value is -1.62. The van der Waals surface area contributed by atoms with E-state index >= 15 is 0 Å². The van der Waals surface area contributed by atoms with Crippen LogP contribution in [0.5, 0.6) is 0 Å². The highest BCUT2D eigenvalue weighted by Crippen LogP contribution is 2.21. The van der Waals surface area contributed by atoms with Gasteiger partial charge in [0.25, 0.3) is 0 Å². The van der Waals surface area contributed by atoms with Gasteiger partial charge in [-0.2, -0.15) is 0 Å². The van der Waals surface area contributed by atoms with E-state index in [-0.39, 0.29) is 0 Å². The van der Waals surface area contributed by atoms with Crippen molar-refractivity contribution >= 4 is 16.9 Å². The zero-order chi connectivity index (χ0) is 12.4. The Morgan fingerprint density at radius 1 is 1.44 bits per heavy atom. The second kappa shape index (κ2) is 4.94. The number of hydrogen-bond acceptors (Lipinski definition) is 4. The van der Waals surface area contributed by atoms with Gasteiger partial charge in [0.15, 0.2) is 0 Å². The van der Waals surface area contributed by atoms with Crippen molar-refractivity contribution in [2.24, 2.45) is 0 Å². The van der Waals surface area contributed by atoms with Crippen molar-refractivity contribution in [1.29, 1.82) is 0 Å². The zero-order valence-corrected chi connectivity index (χ0v) is 10.7. The van der Waals surface area contributed by atoms with Crippen molar-refractivity contribution in [3.8, 4) is 0 Å². The fourth-order valence-electron chi connectivity index (χ4n) is 2.44. The van der Waals surface area contributed by atoms with E-state index in [0.717, 1.165) is 29.4 Å². The highest BCUT2D eigenvalue weighted by Gasteiger charge is 2.16. The largest absolute Gasteiger partial charge is 0.359 e. The maximum absolute atomic E-state index is 4.39. The average Bonchev–Trinajstić information content (AvgIpc) is 2.79. The molecule has 0 unspecified atom stereocenters. The number of anilines is 1. The molecule has 2 N–H and O–H groups in total. The lowest BCUT2D eigenvalue weighted by atomic mass is 10.0. The summed E-state index contributed by atoms with van der Waals surface area (Å²) in [6.07, 6.45) is 7.32. The second-order valence-electron chi connectivity index (χ2n) is 4.94. The van der Waals surface area contributed by atoms with E-state index in [1.165, 1.54) is 25.8 Å². The molecule has 2 aromatic rings. The minimum atomic E-state index is 0.746. The Labute approximate surface area is 107 Å². The molecule has 1 fully saturated rings. The highest BCUT2D eigenvalue weighted by atomic mass is 15.2. The Kier molecular flexibility index (Phi) is 3.15. The topological polar surface area (TPSA) is 56.8 Å². The van der Waals surface area contributed by atoms with Gasteiger partial charge in [-0.25, -0.2) is 9.97 Å². The van der Waals surface area contributed by atoms with Crippen molar-refractivity contribution in [3.05, 3.63) is 18.6 Å². The minimum absolute atomic E-state index is 0.746. The van der Waals surface area contributed by atoms with Crippen molar-refractivity contribution in [2.45, 2.75) is 25.3 Å². The maximum Gasteiger partial charge on any atom is 0.142 e. The van der Waals surface area contributed by atoms with Crippen LogP contribution in [0.2, 0.25) is 0 Å². The third kappa shape index (κ3) is 2.18. The number of nitrogens with one attached hydrogen (secondary N) is 2. The van der Waals surface area contributed by atoms with Crippen LogP contribution in [0.25, 0.3) is 11.0 Å². The van der Waals surface area contributed by atoms with Gasteiger partial charge in [-0.15, -0.1) is 0 Å². The molecule has 0 aromatic carbocycles. The van der Waals surface area contributed by atoms with Crippen LogP contribution in [-0.2, 0) is 0 Å². The van der Waals surface area contributed by atoms with Gasteiger partial charge in [0.2, 0.25) is 0 Å². The second-order valence-corrected chi connectivity index (χ2v) is 4.94. The molecule has 1 aliphatic heterocycles. The number of H-pyrrole nitrogens is 1. The Bertz CT molecular complexity index is 517. The number of aromatic amines is 1. The Morgan fingerprint density at radius 2 is 2.33 bits per heavy atom. The van der Waals surface area contributed by atoms with Crippen LogP contribution in [0, 0.1) is 0 Å². The summed E-state index contributed by atoms with van der Waals surface area (Å²) < 4.78 is 0. The monoisotopic (exact) mass is 245 g/mol. The van der Waals surface area contributed by atoms with E-state index in [1.54, 1.807) is 6.33 Å². The number of nitrogens with zero attached hydrogens (tertiary/aromatic N) is 3. The van der Waals surface area contributed by atoms with Gasteiger partial charge >= 0.3 is 0 Å². The molecule has 96 valence electrons. The van der Waals surface area contributed by atoms with Crippen LogP contribution < -0.4 is 10.2 Å². The van der Waals surface area contributed by atoms with Gasteiger partial charge in [0, 0.05) is 25.8 Å². The van der Waals surface area contributed by atoms with Crippen molar-refractivity contribution in [1.82, 2.24) is 20.3 Å². The van der Waals surface area contributed by atoms with Crippen LogP contribution in [0.15, 0.2) is 18.6 Å². The van der Waals surface area contributed by atoms with E-state index in [2.05, 4.69) is 32.2 Å². The van der Waals surface area contributed by atoms with E-state index in [9.17, 15) is 0 Å². The van der Waals surface area contributed by atoms with Gasteiger partial charge in [0.05, 0.1) is 5.39 Å². The fraction of sp³-hybridized carbons (Fsp3) is 0.538. The summed E-state index contributed by atoms with van der Waals surface area (Å²) in [5.41, 5.74) is 0.910. The lowest BCUT2D eigenvalue weighted by Gasteiger charge is -2.28. The molecule has 0 amide bonds. The van der Waals surface area contributed by atoms with E-state index in [1.807, 2.05) is 12.3 Å². The summed E-state index contributed by atoms with van der Waals surface area (Å²) >= 11 is 0. The first-order chi connectivity index (χ1) is 8.84. The van der Waals surface area contributed by atoms with Gasteiger partial charge in [0.1, 0.15) is 17.8 Å². The maximum atomic E-state index is 4.39. The van der Waals surface area contributed by atoms with Gasteiger partial charge < -0.3 is 15.2 Å². The molecular formula is C13H19N5. The zero-order valence-electron chi connectivity index (χ0n) is 10.7. The van der Waals surface area contributed by atoms with Crippen LogP contribution in [-0.4, -0.2) is 41.1 Å². The quantitative estimate of drug-likeness (QED) is 0.839. The van der Waals surface area contributed by atoms with Crippen molar-refractivity contribution < 1.29 is 0 Å². The number of aromatic nitrogens is 3. The predicted molar refractivity (Wildman–Crippen MR) is 72.8 cm³/mol. The first-order valence-corrected chi connectivity index (χ1v) is 6.57. The summed E-state index contributed by atoms with van der Waals surface area (Å²) in [5, 5.41) is 4.53. The molecular weight excluding hydrogens is 226 g/mol. The molecule has 3 rings (SSSR count). The first kappa shape index (κ1) is 11.5. The molecule has 2 aromatic heterocycles. The first-order valence-electron chi connectivity index (χ1n) is 6.57. The van der Waals surface area contributed by atoms with E-state index in [4.69, 9.17) is 0 Å². The van der Waals surface area contributed by atoms with Crippen LogP contribution in [0.4, 0.5) is 5.82 Å². The smallest absolute Gasteiger partial charge is 0.142 e. The molecule has 5 nitrogen and oxygen atoms in total. The molecule has 0 aliphatic carbocycles.